The number of amides is 1. The van der Waals surface area contributed by atoms with Gasteiger partial charge in [-0.2, -0.15) is 5.10 Å². The summed E-state index contributed by atoms with van der Waals surface area (Å²) in [6.45, 7) is 5.64. The highest BCUT2D eigenvalue weighted by atomic mass is 32.2. The van der Waals surface area contributed by atoms with Gasteiger partial charge in [-0.05, 0) is 38.5 Å². The van der Waals surface area contributed by atoms with Crippen LogP contribution in [0, 0.1) is 20.8 Å². The number of aromatic nitrogens is 2. The van der Waals surface area contributed by atoms with Crippen molar-refractivity contribution < 1.29 is 9.59 Å². The second-order valence-corrected chi connectivity index (χ2v) is 6.73. The van der Waals surface area contributed by atoms with Crippen LogP contribution in [0.15, 0.2) is 29.2 Å². The Morgan fingerprint density at radius 3 is 2.82 bits per heavy atom. The van der Waals surface area contributed by atoms with Crippen LogP contribution in [0.5, 0.6) is 0 Å². The van der Waals surface area contributed by atoms with Gasteiger partial charge in [0.05, 0.1) is 23.1 Å². The van der Waals surface area contributed by atoms with E-state index in [1.54, 1.807) is 0 Å². The number of carbonyl (C=O) groups excluding carboxylic acids is 2. The lowest BCUT2D eigenvalue weighted by Crippen LogP contribution is -2.33. The summed E-state index contributed by atoms with van der Waals surface area (Å²) in [4.78, 5) is 25.6. The van der Waals surface area contributed by atoms with Crippen LogP contribution in [-0.2, 0) is 4.79 Å². The zero-order valence-electron chi connectivity index (χ0n) is 12.7. The van der Waals surface area contributed by atoms with Crippen molar-refractivity contribution in [2.45, 2.75) is 37.3 Å². The van der Waals surface area contributed by atoms with E-state index in [1.165, 1.54) is 16.4 Å². The fraction of sp³-hybridized carbons (Fsp3) is 0.312. The SMILES string of the molecule is Cc1cc(C)n(C(=O)CC2Sc3cccc(C)c3NC2=O)n1. The Morgan fingerprint density at radius 2 is 2.14 bits per heavy atom. The van der Waals surface area contributed by atoms with Crippen LogP contribution in [0.4, 0.5) is 5.69 Å². The first-order valence-corrected chi connectivity index (χ1v) is 7.97. The van der Waals surface area contributed by atoms with Crippen LogP contribution in [0.1, 0.15) is 28.2 Å². The third kappa shape index (κ3) is 2.66. The van der Waals surface area contributed by atoms with E-state index in [9.17, 15) is 9.59 Å². The Labute approximate surface area is 133 Å². The number of rotatable bonds is 2. The molecule has 5 nitrogen and oxygen atoms in total. The molecule has 0 spiro atoms. The van der Waals surface area contributed by atoms with Gasteiger partial charge in [0.1, 0.15) is 0 Å². The largest absolute Gasteiger partial charge is 0.324 e. The maximum atomic E-state index is 12.4. The first-order valence-electron chi connectivity index (χ1n) is 7.09. The zero-order chi connectivity index (χ0) is 15.9. The van der Waals surface area contributed by atoms with Gasteiger partial charge in [-0.25, -0.2) is 4.68 Å². The van der Waals surface area contributed by atoms with Crippen molar-refractivity contribution in [3.63, 3.8) is 0 Å². The molecule has 0 fully saturated rings. The quantitative estimate of drug-likeness (QED) is 0.925. The number of hydrogen-bond acceptors (Lipinski definition) is 4. The van der Waals surface area contributed by atoms with Gasteiger partial charge in [0, 0.05) is 10.6 Å². The van der Waals surface area contributed by atoms with E-state index in [-0.39, 0.29) is 18.2 Å². The molecule has 6 heteroatoms. The van der Waals surface area contributed by atoms with E-state index in [0.29, 0.717) is 0 Å². The maximum absolute atomic E-state index is 12.4. The number of nitrogens with one attached hydrogen (secondary N) is 1. The smallest absolute Gasteiger partial charge is 0.248 e. The molecule has 0 saturated carbocycles. The minimum Gasteiger partial charge on any atom is -0.324 e. The van der Waals surface area contributed by atoms with Gasteiger partial charge in [-0.1, -0.05) is 12.1 Å². The van der Waals surface area contributed by atoms with Crippen molar-refractivity contribution in [2.24, 2.45) is 0 Å². The normalized spacial score (nSPS) is 17.0. The van der Waals surface area contributed by atoms with Crippen molar-refractivity contribution in [2.75, 3.05) is 5.32 Å². The number of benzene rings is 1. The van der Waals surface area contributed by atoms with Crippen LogP contribution >= 0.6 is 11.8 Å². The number of aryl methyl sites for hydroxylation is 3. The van der Waals surface area contributed by atoms with Crippen LogP contribution in [-0.4, -0.2) is 26.8 Å². The first-order chi connectivity index (χ1) is 10.5. The molecular formula is C16H17N3O2S. The highest BCUT2D eigenvalue weighted by Crippen LogP contribution is 2.38. The summed E-state index contributed by atoms with van der Waals surface area (Å²) in [5.41, 5.74) is 3.47. The molecule has 0 bridgehead atoms. The average Bonchev–Trinajstić information content (AvgIpc) is 2.80. The van der Waals surface area contributed by atoms with Crippen LogP contribution in [0.2, 0.25) is 0 Å². The van der Waals surface area contributed by atoms with Crippen LogP contribution < -0.4 is 5.32 Å². The Morgan fingerprint density at radius 1 is 1.36 bits per heavy atom. The second kappa shape index (κ2) is 5.61. The summed E-state index contributed by atoms with van der Waals surface area (Å²) in [5, 5.41) is 6.67. The molecule has 2 aromatic rings. The molecule has 0 aliphatic carbocycles. The van der Waals surface area contributed by atoms with E-state index in [0.717, 1.165) is 27.5 Å². The Balaban J connectivity index is 1.80. The molecule has 1 aliphatic rings. The lowest BCUT2D eigenvalue weighted by atomic mass is 10.2. The number of para-hydroxylation sites is 1. The number of thioether (sulfide) groups is 1. The number of hydrogen-bond donors (Lipinski definition) is 1. The number of anilines is 1. The lowest BCUT2D eigenvalue weighted by Gasteiger charge is -2.24. The van der Waals surface area contributed by atoms with Crippen molar-refractivity contribution in [1.82, 2.24) is 9.78 Å². The van der Waals surface area contributed by atoms with E-state index < -0.39 is 5.25 Å². The molecule has 1 aromatic heterocycles. The fourth-order valence-electron chi connectivity index (χ4n) is 2.57. The molecule has 114 valence electrons. The summed E-state index contributed by atoms with van der Waals surface area (Å²) in [6.07, 6.45) is 0.131. The Kier molecular flexibility index (Phi) is 3.78. The number of nitrogens with zero attached hydrogens (tertiary/aromatic N) is 2. The van der Waals surface area contributed by atoms with Gasteiger partial charge in [-0.15, -0.1) is 11.8 Å². The fourth-order valence-corrected chi connectivity index (χ4v) is 3.76. The van der Waals surface area contributed by atoms with Crippen LogP contribution in [0.3, 0.4) is 0 Å². The molecule has 1 atom stereocenters. The third-order valence-electron chi connectivity index (χ3n) is 3.65. The summed E-state index contributed by atoms with van der Waals surface area (Å²) in [6, 6.07) is 7.73. The predicted molar refractivity (Wildman–Crippen MR) is 86.4 cm³/mol. The van der Waals surface area contributed by atoms with Crippen molar-refractivity contribution >= 4 is 29.3 Å². The summed E-state index contributed by atoms with van der Waals surface area (Å²) in [7, 11) is 0. The lowest BCUT2D eigenvalue weighted by molar-refractivity contribution is -0.115. The highest BCUT2D eigenvalue weighted by Gasteiger charge is 2.30. The van der Waals surface area contributed by atoms with Gasteiger partial charge in [-0.3, -0.25) is 9.59 Å². The van der Waals surface area contributed by atoms with Gasteiger partial charge < -0.3 is 5.32 Å². The molecule has 2 heterocycles. The third-order valence-corrected chi connectivity index (χ3v) is 4.91. The van der Waals surface area contributed by atoms with Crippen molar-refractivity contribution in [3.8, 4) is 0 Å². The van der Waals surface area contributed by atoms with E-state index in [1.807, 2.05) is 45.0 Å². The topological polar surface area (TPSA) is 64.0 Å². The summed E-state index contributed by atoms with van der Waals surface area (Å²) >= 11 is 1.44. The standard InChI is InChI=1S/C16H17N3O2S/c1-9-5-4-6-12-15(9)17-16(21)13(22-12)8-14(20)19-11(3)7-10(2)18-19/h4-7,13H,8H2,1-3H3,(H,17,21). The molecular weight excluding hydrogens is 298 g/mol. The minimum absolute atomic E-state index is 0.123. The van der Waals surface area contributed by atoms with Crippen molar-refractivity contribution in [3.05, 3.63) is 41.2 Å². The highest BCUT2D eigenvalue weighted by molar-refractivity contribution is 8.01. The number of fused-ring (bicyclic) bond motifs is 1. The summed E-state index contributed by atoms with van der Waals surface area (Å²) in [5.74, 6) is -0.281. The van der Waals surface area contributed by atoms with Gasteiger partial charge in [0.15, 0.2) is 0 Å². The average molecular weight is 315 g/mol. The second-order valence-electron chi connectivity index (χ2n) is 5.48. The number of carbonyl (C=O) groups is 2. The molecule has 1 amide bonds. The molecule has 0 saturated heterocycles. The molecule has 0 radical (unpaired) electrons. The predicted octanol–water partition coefficient (Wildman–Crippen LogP) is 2.95. The van der Waals surface area contributed by atoms with Crippen molar-refractivity contribution in [1.29, 1.82) is 0 Å². The maximum Gasteiger partial charge on any atom is 0.248 e. The Bertz CT molecular complexity index is 767. The van der Waals surface area contributed by atoms with E-state index in [4.69, 9.17) is 0 Å². The van der Waals surface area contributed by atoms with Gasteiger partial charge >= 0.3 is 0 Å². The molecule has 1 N–H and O–H groups in total. The Hall–Kier alpha value is -2.08. The molecule has 1 unspecified atom stereocenters. The zero-order valence-corrected chi connectivity index (χ0v) is 13.5. The van der Waals surface area contributed by atoms with Gasteiger partial charge in [0.25, 0.3) is 0 Å². The van der Waals surface area contributed by atoms with E-state index >= 15 is 0 Å². The molecule has 3 rings (SSSR count). The van der Waals surface area contributed by atoms with Gasteiger partial charge in [0.2, 0.25) is 11.8 Å². The molecule has 22 heavy (non-hydrogen) atoms. The monoisotopic (exact) mass is 315 g/mol. The van der Waals surface area contributed by atoms with Crippen LogP contribution in [0.25, 0.3) is 0 Å². The first kappa shape index (κ1) is 14.8. The van der Waals surface area contributed by atoms with E-state index in [2.05, 4.69) is 10.4 Å². The minimum atomic E-state index is -0.425. The summed E-state index contributed by atoms with van der Waals surface area (Å²) < 4.78 is 1.38. The molecule has 1 aromatic carbocycles. The molecule has 1 aliphatic heterocycles.